The molecule has 6 heteroatoms. The van der Waals surface area contributed by atoms with Crippen LogP contribution in [0.15, 0.2) is 42.6 Å². The average Bonchev–Trinajstić information content (AvgIpc) is 3.04. The van der Waals surface area contributed by atoms with Crippen molar-refractivity contribution >= 4 is 33.9 Å². The largest absolute Gasteiger partial charge is 0.497 e. The number of hydrogen-bond donors (Lipinski definition) is 3. The summed E-state index contributed by atoms with van der Waals surface area (Å²) in [6, 6.07) is 12.0. The number of thiocarbonyl (C=S) groups is 1. The van der Waals surface area contributed by atoms with Gasteiger partial charge in [-0.15, -0.1) is 0 Å². The molecule has 26 heavy (non-hydrogen) atoms. The van der Waals surface area contributed by atoms with Crippen LogP contribution in [0.5, 0.6) is 11.5 Å². The lowest BCUT2D eigenvalue weighted by atomic mass is 10.1. The van der Waals surface area contributed by atoms with Crippen molar-refractivity contribution in [3.05, 3.63) is 53.7 Å². The summed E-state index contributed by atoms with van der Waals surface area (Å²) in [5.41, 5.74) is 4.50. The summed E-state index contributed by atoms with van der Waals surface area (Å²) < 4.78 is 10.6. The predicted molar refractivity (Wildman–Crippen MR) is 111 cm³/mol. The number of benzene rings is 2. The minimum absolute atomic E-state index is 0.560. The van der Waals surface area contributed by atoms with Crippen molar-refractivity contribution < 1.29 is 9.47 Å². The monoisotopic (exact) mass is 369 g/mol. The van der Waals surface area contributed by atoms with E-state index in [0.29, 0.717) is 10.9 Å². The fourth-order valence-corrected chi connectivity index (χ4v) is 3.09. The summed E-state index contributed by atoms with van der Waals surface area (Å²) in [5, 5.41) is 8.25. The molecule has 0 bridgehead atoms. The highest BCUT2D eigenvalue weighted by molar-refractivity contribution is 7.80. The maximum atomic E-state index is 5.40. The number of anilines is 1. The van der Waals surface area contributed by atoms with E-state index in [0.717, 1.165) is 29.9 Å². The zero-order chi connectivity index (χ0) is 18.5. The second-order valence-electron chi connectivity index (χ2n) is 6.06. The van der Waals surface area contributed by atoms with E-state index in [9.17, 15) is 0 Å². The minimum Gasteiger partial charge on any atom is -0.497 e. The Morgan fingerprint density at radius 3 is 2.73 bits per heavy atom. The number of aromatic amines is 1. The lowest BCUT2D eigenvalue weighted by Gasteiger charge is -2.14. The summed E-state index contributed by atoms with van der Waals surface area (Å²) in [6.45, 7) is 2.85. The zero-order valence-corrected chi connectivity index (χ0v) is 16.0. The number of aromatic nitrogens is 1. The maximum Gasteiger partial charge on any atom is 0.170 e. The van der Waals surface area contributed by atoms with E-state index >= 15 is 0 Å². The van der Waals surface area contributed by atoms with Crippen LogP contribution in [0.2, 0.25) is 0 Å². The molecular weight excluding hydrogens is 346 g/mol. The predicted octanol–water partition coefficient (Wildman–Crippen LogP) is 4.02. The Morgan fingerprint density at radius 2 is 1.96 bits per heavy atom. The molecule has 0 radical (unpaired) electrons. The summed E-state index contributed by atoms with van der Waals surface area (Å²) in [5.74, 6) is 1.42. The first-order chi connectivity index (χ1) is 12.6. The van der Waals surface area contributed by atoms with Crippen molar-refractivity contribution in [1.29, 1.82) is 0 Å². The molecule has 3 rings (SSSR count). The van der Waals surface area contributed by atoms with Crippen molar-refractivity contribution in [2.45, 2.75) is 13.3 Å². The third kappa shape index (κ3) is 4.08. The van der Waals surface area contributed by atoms with Gasteiger partial charge in [-0.25, -0.2) is 0 Å². The average molecular weight is 369 g/mol. The molecule has 0 aliphatic heterocycles. The number of rotatable bonds is 6. The first-order valence-electron chi connectivity index (χ1n) is 8.44. The van der Waals surface area contributed by atoms with Crippen molar-refractivity contribution in [3.8, 4) is 11.5 Å². The lowest BCUT2D eigenvalue weighted by Crippen LogP contribution is -2.30. The van der Waals surface area contributed by atoms with Crippen LogP contribution in [0.25, 0.3) is 10.9 Å². The molecule has 3 N–H and O–H groups in total. The van der Waals surface area contributed by atoms with Gasteiger partial charge in [-0.2, -0.15) is 0 Å². The van der Waals surface area contributed by atoms with E-state index in [4.69, 9.17) is 21.7 Å². The molecule has 0 unspecified atom stereocenters. The number of hydrogen-bond acceptors (Lipinski definition) is 3. The molecular formula is C20H23N3O2S. The van der Waals surface area contributed by atoms with Gasteiger partial charge in [0, 0.05) is 29.7 Å². The van der Waals surface area contributed by atoms with Crippen LogP contribution in [-0.2, 0) is 6.42 Å². The molecule has 0 fully saturated rings. The Hall–Kier alpha value is -2.73. The highest BCUT2D eigenvalue weighted by Gasteiger charge is 2.08. The van der Waals surface area contributed by atoms with Gasteiger partial charge < -0.3 is 25.1 Å². The summed E-state index contributed by atoms with van der Waals surface area (Å²) >= 11 is 5.40. The second-order valence-corrected chi connectivity index (χ2v) is 6.47. The number of fused-ring (bicyclic) bond motifs is 1. The first-order valence-corrected chi connectivity index (χ1v) is 8.85. The van der Waals surface area contributed by atoms with Gasteiger partial charge in [0.15, 0.2) is 5.11 Å². The van der Waals surface area contributed by atoms with Gasteiger partial charge in [0.2, 0.25) is 0 Å². The third-order valence-corrected chi connectivity index (χ3v) is 4.51. The van der Waals surface area contributed by atoms with Crippen molar-refractivity contribution in [3.63, 3.8) is 0 Å². The van der Waals surface area contributed by atoms with E-state index < -0.39 is 0 Å². The van der Waals surface area contributed by atoms with Gasteiger partial charge in [0.25, 0.3) is 0 Å². The molecule has 0 atom stereocenters. The topological polar surface area (TPSA) is 58.3 Å². The van der Waals surface area contributed by atoms with Crippen LogP contribution in [0.4, 0.5) is 5.69 Å². The molecule has 2 aromatic carbocycles. The molecule has 136 valence electrons. The smallest absolute Gasteiger partial charge is 0.170 e. The van der Waals surface area contributed by atoms with Crippen LogP contribution < -0.4 is 20.1 Å². The maximum absolute atomic E-state index is 5.40. The second kappa shape index (κ2) is 8.10. The fraction of sp³-hybridized carbons (Fsp3) is 0.250. The van der Waals surface area contributed by atoms with E-state index in [2.05, 4.69) is 46.9 Å². The quantitative estimate of drug-likeness (QED) is 0.573. The highest BCUT2D eigenvalue weighted by Crippen LogP contribution is 2.28. The zero-order valence-electron chi connectivity index (χ0n) is 15.2. The highest BCUT2D eigenvalue weighted by atomic mass is 32.1. The molecule has 1 heterocycles. The number of nitrogens with one attached hydrogen (secondary N) is 3. The Kier molecular flexibility index (Phi) is 5.63. The van der Waals surface area contributed by atoms with E-state index in [1.165, 1.54) is 16.5 Å². The number of H-pyrrole nitrogens is 1. The van der Waals surface area contributed by atoms with Crippen LogP contribution >= 0.6 is 12.2 Å². The summed E-state index contributed by atoms with van der Waals surface area (Å²) in [6.07, 6.45) is 2.94. The fourth-order valence-electron chi connectivity index (χ4n) is 2.88. The molecule has 0 saturated heterocycles. The Morgan fingerprint density at radius 1 is 1.12 bits per heavy atom. The van der Waals surface area contributed by atoms with Gasteiger partial charge >= 0.3 is 0 Å². The Bertz CT molecular complexity index is 921. The van der Waals surface area contributed by atoms with Crippen molar-refractivity contribution in [1.82, 2.24) is 10.3 Å². The van der Waals surface area contributed by atoms with Gasteiger partial charge in [0.1, 0.15) is 11.5 Å². The normalized spacial score (nSPS) is 10.6. The van der Waals surface area contributed by atoms with Crippen LogP contribution in [0, 0.1) is 6.92 Å². The summed E-state index contributed by atoms with van der Waals surface area (Å²) in [4.78, 5) is 3.31. The van der Waals surface area contributed by atoms with Crippen LogP contribution in [-0.4, -0.2) is 30.9 Å². The van der Waals surface area contributed by atoms with Crippen molar-refractivity contribution in [2.24, 2.45) is 0 Å². The Labute approximate surface area is 158 Å². The van der Waals surface area contributed by atoms with Gasteiger partial charge in [-0.1, -0.05) is 11.6 Å². The molecule has 3 aromatic rings. The van der Waals surface area contributed by atoms with E-state index in [1.807, 2.05) is 18.2 Å². The van der Waals surface area contributed by atoms with Crippen LogP contribution in [0.3, 0.4) is 0 Å². The molecule has 0 aliphatic carbocycles. The van der Waals surface area contributed by atoms with Crippen LogP contribution in [0.1, 0.15) is 11.1 Å². The summed E-state index contributed by atoms with van der Waals surface area (Å²) in [7, 11) is 3.25. The van der Waals surface area contributed by atoms with E-state index in [-0.39, 0.29) is 0 Å². The van der Waals surface area contributed by atoms with E-state index in [1.54, 1.807) is 14.2 Å². The standard InChI is InChI=1S/C20H23N3O2S/c1-13-4-6-17-16(10-13)14(12-22-17)8-9-21-20(26)23-18-7-5-15(24-2)11-19(18)25-3/h4-7,10-12,22H,8-9H2,1-3H3,(H2,21,23,26). The van der Waals surface area contributed by atoms with Crippen molar-refractivity contribution in [2.75, 3.05) is 26.1 Å². The first kappa shape index (κ1) is 18.1. The Balaban J connectivity index is 1.58. The molecule has 0 aliphatic rings. The molecule has 0 spiro atoms. The molecule has 0 saturated carbocycles. The molecule has 5 nitrogen and oxygen atoms in total. The number of aryl methyl sites for hydroxylation is 1. The van der Waals surface area contributed by atoms with Gasteiger partial charge in [-0.05, 0) is 55.4 Å². The number of methoxy groups -OCH3 is 2. The minimum atomic E-state index is 0.560. The lowest BCUT2D eigenvalue weighted by molar-refractivity contribution is 0.395. The molecule has 0 amide bonds. The van der Waals surface area contributed by atoms with Gasteiger partial charge in [0.05, 0.1) is 19.9 Å². The number of ether oxygens (including phenoxy) is 2. The third-order valence-electron chi connectivity index (χ3n) is 4.26. The SMILES string of the molecule is COc1ccc(NC(=S)NCCc2c[nH]c3ccc(C)cc23)c(OC)c1. The van der Waals surface area contributed by atoms with Gasteiger partial charge in [-0.3, -0.25) is 0 Å². The molecule has 1 aromatic heterocycles.